The van der Waals surface area contributed by atoms with Gasteiger partial charge in [-0.15, -0.1) is 0 Å². The highest BCUT2D eigenvalue weighted by Gasteiger charge is 2.16. The molecule has 0 saturated heterocycles. The van der Waals surface area contributed by atoms with E-state index in [0.717, 1.165) is 11.8 Å². The molecule has 0 spiro atoms. The molecule has 2 nitrogen and oxygen atoms in total. The van der Waals surface area contributed by atoms with Crippen LogP contribution in [0.15, 0.2) is 36.5 Å². The molecule has 2 aromatic rings. The van der Waals surface area contributed by atoms with E-state index in [4.69, 9.17) is 11.6 Å². The van der Waals surface area contributed by atoms with Crippen molar-refractivity contribution in [1.82, 2.24) is 10.3 Å². The molecule has 0 aliphatic carbocycles. The zero-order valence-electron chi connectivity index (χ0n) is 11.9. The Bertz CT molecular complexity index is 619. The fourth-order valence-electron chi connectivity index (χ4n) is 2.29. The van der Waals surface area contributed by atoms with Gasteiger partial charge in [0.2, 0.25) is 0 Å². The molecular weight excluding hydrogens is 294 g/mol. The van der Waals surface area contributed by atoms with E-state index in [1.807, 2.05) is 6.92 Å². The van der Waals surface area contributed by atoms with Gasteiger partial charge in [-0.3, -0.25) is 4.98 Å². The van der Waals surface area contributed by atoms with Crippen LogP contribution in [0, 0.1) is 11.6 Å². The number of nitrogens with one attached hydrogen (secondary N) is 1. The van der Waals surface area contributed by atoms with Crippen molar-refractivity contribution < 1.29 is 8.78 Å². The monoisotopic (exact) mass is 310 g/mol. The third kappa shape index (κ3) is 3.99. The summed E-state index contributed by atoms with van der Waals surface area (Å²) < 4.78 is 27.0. The van der Waals surface area contributed by atoms with Gasteiger partial charge in [-0.1, -0.05) is 23.7 Å². The molecule has 0 amide bonds. The van der Waals surface area contributed by atoms with E-state index in [2.05, 4.69) is 10.3 Å². The second-order valence-corrected chi connectivity index (χ2v) is 5.48. The molecule has 2 unspecified atom stereocenters. The van der Waals surface area contributed by atoms with Gasteiger partial charge in [0.05, 0.1) is 10.7 Å². The van der Waals surface area contributed by atoms with Gasteiger partial charge in [0.1, 0.15) is 0 Å². The van der Waals surface area contributed by atoms with E-state index >= 15 is 0 Å². The van der Waals surface area contributed by atoms with Crippen molar-refractivity contribution in [2.45, 2.75) is 32.4 Å². The number of benzene rings is 1. The molecule has 1 heterocycles. The van der Waals surface area contributed by atoms with Crippen molar-refractivity contribution in [1.29, 1.82) is 0 Å². The average Bonchev–Trinajstić information content (AvgIpc) is 2.44. The summed E-state index contributed by atoms with van der Waals surface area (Å²) in [5.74, 6) is -1.64. The maximum atomic E-state index is 13.7. The zero-order chi connectivity index (χ0) is 15.4. The minimum atomic E-state index is -0.832. The summed E-state index contributed by atoms with van der Waals surface area (Å²) in [6, 6.07) is 7.47. The van der Waals surface area contributed by atoms with Crippen LogP contribution in [-0.2, 0) is 6.42 Å². The highest BCUT2D eigenvalue weighted by atomic mass is 35.5. The van der Waals surface area contributed by atoms with Gasteiger partial charge in [-0.25, -0.2) is 8.78 Å². The second-order valence-electron chi connectivity index (χ2n) is 5.07. The summed E-state index contributed by atoms with van der Waals surface area (Å²) in [5, 5.41) is 3.84. The molecule has 0 radical (unpaired) electrons. The van der Waals surface area contributed by atoms with E-state index in [1.165, 1.54) is 6.07 Å². The summed E-state index contributed by atoms with van der Waals surface area (Å²) >= 11 is 6.07. The second kappa shape index (κ2) is 6.96. The molecule has 5 heteroatoms. The number of halogens is 3. The van der Waals surface area contributed by atoms with Crippen LogP contribution < -0.4 is 5.32 Å². The molecule has 21 heavy (non-hydrogen) atoms. The summed E-state index contributed by atoms with van der Waals surface area (Å²) in [7, 11) is 0. The fourth-order valence-corrected chi connectivity index (χ4v) is 2.49. The van der Waals surface area contributed by atoms with Crippen molar-refractivity contribution in [3.05, 3.63) is 64.4 Å². The topological polar surface area (TPSA) is 24.9 Å². The maximum absolute atomic E-state index is 13.7. The van der Waals surface area contributed by atoms with Gasteiger partial charge >= 0.3 is 0 Å². The molecule has 2 rings (SSSR count). The third-order valence-electron chi connectivity index (χ3n) is 3.32. The van der Waals surface area contributed by atoms with Crippen LogP contribution in [0.2, 0.25) is 5.02 Å². The predicted molar refractivity (Wildman–Crippen MR) is 80.3 cm³/mol. The Labute approximate surface area is 128 Å². The van der Waals surface area contributed by atoms with Crippen LogP contribution in [0.5, 0.6) is 0 Å². The number of hydrogen-bond donors (Lipinski definition) is 1. The van der Waals surface area contributed by atoms with E-state index in [9.17, 15) is 8.78 Å². The molecule has 2 atom stereocenters. The minimum absolute atomic E-state index is 0.0232. The Morgan fingerprint density at radius 1 is 1.19 bits per heavy atom. The quantitative estimate of drug-likeness (QED) is 0.891. The summed E-state index contributed by atoms with van der Waals surface area (Å²) in [6.07, 6.45) is 2.30. The largest absolute Gasteiger partial charge is 0.307 e. The lowest BCUT2D eigenvalue weighted by atomic mass is 10.1. The molecule has 112 valence electrons. The molecule has 1 N–H and O–H groups in total. The van der Waals surface area contributed by atoms with E-state index in [0.29, 0.717) is 17.0 Å². The molecule has 0 saturated carbocycles. The standard InChI is InChI=1S/C16H17ClF2N2/c1-10(9-15-13(17)6-4-8-20-15)21-11(2)12-5-3-7-14(18)16(12)19/h3-8,10-11,21H,9H2,1-2H3. The van der Waals surface area contributed by atoms with Crippen molar-refractivity contribution in [2.75, 3.05) is 0 Å². The number of aromatic nitrogens is 1. The number of rotatable bonds is 5. The molecule has 0 fully saturated rings. The van der Waals surface area contributed by atoms with Crippen molar-refractivity contribution in [3.8, 4) is 0 Å². The van der Waals surface area contributed by atoms with E-state index in [1.54, 1.807) is 31.3 Å². The maximum Gasteiger partial charge on any atom is 0.163 e. The lowest BCUT2D eigenvalue weighted by molar-refractivity contribution is 0.439. The Balaban J connectivity index is 2.04. The SMILES string of the molecule is CC(Cc1ncccc1Cl)NC(C)c1cccc(F)c1F. The Hall–Kier alpha value is -1.52. The summed E-state index contributed by atoms with van der Waals surface area (Å²) in [6.45, 7) is 3.76. The Kier molecular flexibility index (Phi) is 5.26. The van der Waals surface area contributed by atoms with Gasteiger partial charge in [-0.2, -0.15) is 0 Å². The van der Waals surface area contributed by atoms with Crippen LogP contribution in [0.25, 0.3) is 0 Å². The molecule has 0 aliphatic rings. The molecular formula is C16H17ClF2N2. The zero-order valence-corrected chi connectivity index (χ0v) is 12.7. The van der Waals surface area contributed by atoms with E-state index in [-0.39, 0.29) is 12.1 Å². The predicted octanol–water partition coefficient (Wildman–Crippen LogP) is 4.30. The van der Waals surface area contributed by atoms with Gasteiger partial charge in [0.15, 0.2) is 11.6 Å². The first-order valence-corrected chi connectivity index (χ1v) is 7.16. The van der Waals surface area contributed by atoms with Crippen LogP contribution in [0.1, 0.15) is 31.1 Å². The van der Waals surface area contributed by atoms with Crippen molar-refractivity contribution in [2.24, 2.45) is 0 Å². The lowest BCUT2D eigenvalue weighted by Gasteiger charge is -2.21. The molecule has 0 bridgehead atoms. The van der Waals surface area contributed by atoms with Gasteiger partial charge in [-0.05, 0) is 32.0 Å². The highest BCUT2D eigenvalue weighted by molar-refractivity contribution is 6.31. The van der Waals surface area contributed by atoms with E-state index < -0.39 is 11.6 Å². The smallest absolute Gasteiger partial charge is 0.163 e. The van der Waals surface area contributed by atoms with Gasteiger partial charge in [0, 0.05) is 30.3 Å². The number of hydrogen-bond acceptors (Lipinski definition) is 2. The van der Waals surface area contributed by atoms with Crippen LogP contribution in [-0.4, -0.2) is 11.0 Å². The molecule has 0 aliphatic heterocycles. The fraction of sp³-hybridized carbons (Fsp3) is 0.312. The first kappa shape index (κ1) is 15.9. The van der Waals surface area contributed by atoms with Crippen LogP contribution in [0.4, 0.5) is 8.78 Å². The first-order chi connectivity index (χ1) is 9.99. The third-order valence-corrected chi connectivity index (χ3v) is 3.66. The summed E-state index contributed by atoms with van der Waals surface area (Å²) in [5.41, 5.74) is 1.10. The van der Waals surface area contributed by atoms with Crippen LogP contribution in [0.3, 0.4) is 0 Å². The van der Waals surface area contributed by atoms with Crippen molar-refractivity contribution in [3.63, 3.8) is 0 Å². The average molecular weight is 311 g/mol. The number of nitrogens with zero attached hydrogens (tertiary/aromatic N) is 1. The molecule has 1 aromatic heterocycles. The highest BCUT2D eigenvalue weighted by Crippen LogP contribution is 2.20. The number of pyridine rings is 1. The molecule has 1 aromatic carbocycles. The summed E-state index contributed by atoms with van der Waals surface area (Å²) in [4.78, 5) is 4.22. The normalized spacial score (nSPS) is 14.0. The minimum Gasteiger partial charge on any atom is -0.307 e. The first-order valence-electron chi connectivity index (χ1n) is 6.78. The van der Waals surface area contributed by atoms with Crippen LogP contribution >= 0.6 is 11.6 Å². The Morgan fingerprint density at radius 3 is 2.67 bits per heavy atom. The van der Waals surface area contributed by atoms with Crippen molar-refractivity contribution >= 4 is 11.6 Å². The Morgan fingerprint density at radius 2 is 1.95 bits per heavy atom. The van der Waals surface area contributed by atoms with Gasteiger partial charge in [0.25, 0.3) is 0 Å². The lowest BCUT2D eigenvalue weighted by Crippen LogP contribution is -2.31. The van der Waals surface area contributed by atoms with Gasteiger partial charge < -0.3 is 5.32 Å².